The molecule has 0 saturated carbocycles. The third-order valence-corrected chi connectivity index (χ3v) is 3.48. The van der Waals surface area contributed by atoms with Gasteiger partial charge in [-0.25, -0.2) is 9.97 Å². The maximum Gasteiger partial charge on any atom is 0.261 e. The molecule has 3 aromatic rings. The van der Waals surface area contributed by atoms with Crippen molar-refractivity contribution >= 4 is 28.1 Å². The van der Waals surface area contributed by atoms with Crippen LogP contribution in [0.4, 0.5) is 5.69 Å². The number of carbonyl (C=O) groups is 1. The summed E-state index contributed by atoms with van der Waals surface area (Å²) in [5, 5.41) is 3.73. The molecule has 24 heavy (non-hydrogen) atoms. The van der Waals surface area contributed by atoms with Crippen molar-refractivity contribution in [2.45, 2.75) is 13.8 Å². The summed E-state index contributed by atoms with van der Waals surface area (Å²) in [6, 6.07) is 11.4. The Labute approximate surface area is 139 Å². The van der Waals surface area contributed by atoms with Crippen LogP contribution in [0.1, 0.15) is 17.2 Å². The molecule has 120 valence electrons. The Balaban J connectivity index is 1.88. The van der Waals surface area contributed by atoms with Gasteiger partial charge in [-0.3, -0.25) is 9.78 Å². The summed E-state index contributed by atoms with van der Waals surface area (Å²) >= 11 is 0. The molecule has 0 radical (unpaired) electrons. The second-order valence-electron chi connectivity index (χ2n) is 5.43. The number of amides is 1. The first-order valence-electron chi connectivity index (χ1n) is 7.47. The minimum atomic E-state index is -0.375. The quantitative estimate of drug-likeness (QED) is 0.724. The van der Waals surface area contributed by atoms with Crippen molar-refractivity contribution in [1.29, 1.82) is 0 Å². The van der Waals surface area contributed by atoms with Gasteiger partial charge >= 0.3 is 0 Å². The molecule has 3 N–H and O–H groups in total. The molecule has 0 aliphatic rings. The number of benzene rings is 1. The molecular weight excluding hydrogens is 302 g/mol. The lowest BCUT2D eigenvalue weighted by Gasteiger charge is -2.09. The van der Waals surface area contributed by atoms with Crippen molar-refractivity contribution in [2.75, 3.05) is 5.32 Å². The summed E-state index contributed by atoms with van der Waals surface area (Å²) < 4.78 is 0. The number of fused-ring (bicyclic) bond motifs is 1. The Bertz CT molecular complexity index is 929. The summed E-state index contributed by atoms with van der Waals surface area (Å²) in [7, 11) is 0. The van der Waals surface area contributed by atoms with Crippen LogP contribution in [0.2, 0.25) is 0 Å². The van der Waals surface area contributed by atoms with E-state index in [0.29, 0.717) is 11.5 Å². The van der Waals surface area contributed by atoms with E-state index in [0.717, 1.165) is 22.3 Å². The van der Waals surface area contributed by atoms with Crippen molar-refractivity contribution in [3.8, 4) is 0 Å². The molecule has 0 atom stereocenters. The summed E-state index contributed by atoms with van der Waals surface area (Å²) in [5.74, 6) is -0.0687. The van der Waals surface area contributed by atoms with Gasteiger partial charge in [-0.2, -0.15) is 0 Å². The molecular formula is C18H17N5O. The van der Waals surface area contributed by atoms with E-state index in [9.17, 15) is 4.79 Å². The molecule has 1 amide bonds. The Kier molecular flexibility index (Phi) is 4.20. The van der Waals surface area contributed by atoms with E-state index >= 15 is 0 Å². The zero-order valence-electron chi connectivity index (χ0n) is 13.4. The molecule has 0 aliphatic heterocycles. The van der Waals surface area contributed by atoms with E-state index in [1.54, 1.807) is 6.20 Å². The fourth-order valence-corrected chi connectivity index (χ4v) is 2.44. The predicted octanol–water partition coefficient (Wildman–Crippen LogP) is 2.58. The second-order valence-corrected chi connectivity index (χ2v) is 5.43. The highest BCUT2D eigenvalue weighted by Crippen LogP contribution is 2.18. The lowest BCUT2D eigenvalue weighted by molar-refractivity contribution is -0.111. The van der Waals surface area contributed by atoms with E-state index in [4.69, 9.17) is 5.73 Å². The molecule has 0 fully saturated rings. The molecule has 6 nitrogen and oxygen atoms in total. The third kappa shape index (κ3) is 3.22. The number of rotatable bonds is 3. The minimum Gasteiger partial charge on any atom is -0.404 e. The summed E-state index contributed by atoms with van der Waals surface area (Å²) in [4.78, 5) is 25.4. The molecule has 1 aromatic carbocycles. The van der Waals surface area contributed by atoms with Crippen molar-refractivity contribution in [3.05, 3.63) is 66.0 Å². The standard InChI is InChI=1S/C18H17N5O/c1-11-7-12(2)22-17(21-11)15(9-19)18(24)23-14-8-13-5-3-4-6-16(13)20-10-14/h3-10H,19H2,1-2H3,(H,23,24). The van der Waals surface area contributed by atoms with E-state index in [-0.39, 0.29) is 11.5 Å². The normalized spacial score (nSPS) is 11.5. The van der Waals surface area contributed by atoms with Crippen LogP contribution in [0.3, 0.4) is 0 Å². The van der Waals surface area contributed by atoms with E-state index < -0.39 is 0 Å². The topological polar surface area (TPSA) is 93.8 Å². The highest BCUT2D eigenvalue weighted by Gasteiger charge is 2.16. The molecule has 2 aromatic heterocycles. The van der Waals surface area contributed by atoms with Gasteiger partial charge in [0, 0.05) is 23.0 Å². The molecule has 6 heteroatoms. The highest BCUT2D eigenvalue weighted by atomic mass is 16.1. The number of hydrogen-bond acceptors (Lipinski definition) is 5. The van der Waals surface area contributed by atoms with Gasteiger partial charge in [0.1, 0.15) is 0 Å². The fourth-order valence-electron chi connectivity index (χ4n) is 2.44. The van der Waals surface area contributed by atoms with Gasteiger partial charge in [0.2, 0.25) is 0 Å². The maximum atomic E-state index is 12.5. The monoisotopic (exact) mass is 319 g/mol. The van der Waals surface area contributed by atoms with E-state index in [2.05, 4.69) is 20.3 Å². The number of hydrogen-bond donors (Lipinski definition) is 2. The zero-order valence-corrected chi connectivity index (χ0v) is 13.4. The number of pyridine rings is 1. The lowest BCUT2D eigenvalue weighted by Crippen LogP contribution is -2.17. The van der Waals surface area contributed by atoms with Gasteiger partial charge in [-0.05, 0) is 32.0 Å². The number of anilines is 1. The SMILES string of the molecule is Cc1cc(C)nc(C(=CN)C(=O)Nc2cnc3ccccc3c2)n1. The predicted molar refractivity (Wildman–Crippen MR) is 94.0 cm³/mol. The van der Waals surface area contributed by atoms with Crippen LogP contribution in [-0.4, -0.2) is 20.9 Å². The van der Waals surface area contributed by atoms with Gasteiger partial charge in [0.25, 0.3) is 5.91 Å². The van der Waals surface area contributed by atoms with Crippen LogP contribution >= 0.6 is 0 Å². The first-order valence-corrected chi connectivity index (χ1v) is 7.47. The smallest absolute Gasteiger partial charge is 0.261 e. The molecule has 3 rings (SSSR count). The van der Waals surface area contributed by atoms with E-state index in [1.807, 2.05) is 50.2 Å². The molecule has 0 unspecified atom stereocenters. The Morgan fingerprint density at radius 1 is 1.12 bits per heavy atom. The summed E-state index contributed by atoms with van der Waals surface area (Å²) in [5.41, 5.74) is 8.85. The average Bonchev–Trinajstić information content (AvgIpc) is 2.54. The van der Waals surface area contributed by atoms with Crippen LogP contribution in [0.15, 0.2) is 48.8 Å². The van der Waals surface area contributed by atoms with Crippen molar-refractivity contribution in [2.24, 2.45) is 5.73 Å². The van der Waals surface area contributed by atoms with Gasteiger partial charge in [0.05, 0.1) is 23.0 Å². The number of para-hydroxylation sites is 1. The lowest BCUT2D eigenvalue weighted by atomic mass is 10.2. The number of aromatic nitrogens is 3. The maximum absolute atomic E-state index is 12.5. The number of nitrogens with one attached hydrogen (secondary N) is 1. The number of nitrogens with zero attached hydrogens (tertiary/aromatic N) is 3. The van der Waals surface area contributed by atoms with Crippen LogP contribution < -0.4 is 11.1 Å². The van der Waals surface area contributed by atoms with Crippen molar-refractivity contribution in [3.63, 3.8) is 0 Å². The zero-order chi connectivity index (χ0) is 17.1. The van der Waals surface area contributed by atoms with Crippen molar-refractivity contribution in [1.82, 2.24) is 15.0 Å². The number of carbonyl (C=O) groups excluding carboxylic acids is 1. The number of nitrogens with two attached hydrogens (primary N) is 1. The first-order chi connectivity index (χ1) is 11.6. The Hall–Kier alpha value is -3.28. The molecule has 0 aliphatic carbocycles. The first kappa shape index (κ1) is 15.6. The minimum absolute atomic E-state index is 0.218. The fraction of sp³-hybridized carbons (Fsp3) is 0.111. The average molecular weight is 319 g/mol. The van der Waals surface area contributed by atoms with Crippen LogP contribution in [0.5, 0.6) is 0 Å². The Morgan fingerprint density at radius 3 is 2.54 bits per heavy atom. The molecule has 0 bridgehead atoms. The third-order valence-electron chi connectivity index (χ3n) is 3.48. The molecule has 0 saturated heterocycles. The van der Waals surface area contributed by atoms with Gasteiger partial charge in [-0.1, -0.05) is 18.2 Å². The molecule has 2 heterocycles. The summed E-state index contributed by atoms with van der Waals surface area (Å²) in [6.07, 6.45) is 2.83. The summed E-state index contributed by atoms with van der Waals surface area (Å²) in [6.45, 7) is 3.69. The van der Waals surface area contributed by atoms with Gasteiger partial charge in [-0.15, -0.1) is 0 Å². The van der Waals surface area contributed by atoms with Gasteiger partial charge in [0.15, 0.2) is 5.82 Å². The van der Waals surface area contributed by atoms with Gasteiger partial charge < -0.3 is 11.1 Å². The Morgan fingerprint density at radius 2 is 1.83 bits per heavy atom. The van der Waals surface area contributed by atoms with E-state index in [1.165, 1.54) is 6.20 Å². The van der Waals surface area contributed by atoms with Crippen molar-refractivity contribution < 1.29 is 4.79 Å². The van der Waals surface area contributed by atoms with Crippen LogP contribution in [0.25, 0.3) is 16.5 Å². The largest absolute Gasteiger partial charge is 0.404 e. The van der Waals surface area contributed by atoms with Crippen LogP contribution in [-0.2, 0) is 4.79 Å². The highest BCUT2D eigenvalue weighted by molar-refractivity contribution is 6.24. The van der Waals surface area contributed by atoms with Crippen LogP contribution in [0, 0.1) is 13.8 Å². The second kappa shape index (κ2) is 6.45. The molecule has 0 spiro atoms. The number of aryl methyl sites for hydroxylation is 2.